The fourth-order valence-electron chi connectivity index (χ4n) is 2.74. The number of hydrogen-bond donors (Lipinski definition) is 1. The maximum absolute atomic E-state index is 13.0. The summed E-state index contributed by atoms with van der Waals surface area (Å²) in [5, 5.41) is 4.38. The first-order valence-electron chi connectivity index (χ1n) is 7.60. The highest BCUT2D eigenvalue weighted by Crippen LogP contribution is 2.28. The first-order chi connectivity index (χ1) is 11.5. The molecule has 2 aromatic rings. The van der Waals surface area contributed by atoms with E-state index in [4.69, 9.17) is 0 Å². The quantitative estimate of drug-likeness (QED) is 0.902. The summed E-state index contributed by atoms with van der Waals surface area (Å²) in [7, 11) is -3.68. The molecule has 1 fully saturated rings. The van der Waals surface area contributed by atoms with Crippen molar-refractivity contribution >= 4 is 33.0 Å². The van der Waals surface area contributed by atoms with Crippen LogP contribution in [-0.4, -0.2) is 31.2 Å². The number of carbonyl (C=O) groups excluding carboxylic acids is 1. The Morgan fingerprint density at radius 3 is 2.62 bits per heavy atom. The minimum Gasteiger partial charge on any atom is -0.325 e. The van der Waals surface area contributed by atoms with Crippen LogP contribution in [0.25, 0.3) is 0 Å². The van der Waals surface area contributed by atoms with Gasteiger partial charge < -0.3 is 5.32 Å². The fraction of sp³-hybridized carbons (Fsp3) is 0.312. The fourth-order valence-corrected chi connectivity index (χ4v) is 5.52. The Labute approximate surface area is 144 Å². The third kappa shape index (κ3) is 3.50. The van der Waals surface area contributed by atoms with E-state index in [1.807, 2.05) is 0 Å². The van der Waals surface area contributed by atoms with E-state index in [0.29, 0.717) is 18.7 Å². The maximum Gasteiger partial charge on any atom is 0.253 e. The number of thiophene rings is 1. The lowest BCUT2D eigenvalue weighted by Crippen LogP contribution is -2.49. The topological polar surface area (TPSA) is 66.5 Å². The molecular weight excluding hydrogens is 351 g/mol. The van der Waals surface area contributed by atoms with Crippen LogP contribution in [0.1, 0.15) is 19.3 Å². The largest absolute Gasteiger partial charge is 0.325 e. The number of hydrogen-bond acceptors (Lipinski definition) is 4. The van der Waals surface area contributed by atoms with Crippen LogP contribution in [0.15, 0.2) is 46.0 Å². The number of sulfonamides is 1. The second kappa shape index (κ2) is 7.00. The van der Waals surface area contributed by atoms with Crippen molar-refractivity contribution in [2.75, 3.05) is 11.9 Å². The zero-order valence-corrected chi connectivity index (χ0v) is 14.4. The molecule has 8 heteroatoms. The normalized spacial score (nSPS) is 19.1. The number of anilines is 1. The molecule has 128 valence electrons. The molecule has 1 aromatic carbocycles. The molecule has 1 N–H and O–H groups in total. The Kier molecular flexibility index (Phi) is 4.98. The third-order valence-electron chi connectivity index (χ3n) is 3.93. The van der Waals surface area contributed by atoms with Crippen LogP contribution in [0, 0.1) is 5.82 Å². The number of rotatable bonds is 4. The highest BCUT2D eigenvalue weighted by Gasteiger charge is 2.38. The van der Waals surface area contributed by atoms with Gasteiger partial charge in [-0.15, -0.1) is 11.3 Å². The van der Waals surface area contributed by atoms with E-state index in [-0.39, 0.29) is 10.1 Å². The second-order valence-electron chi connectivity index (χ2n) is 5.56. The summed E-state index contributed by atoms with van der Waals surface area (Å²) in [6.45, 7) is 0.321. The van der Waals surface area contributed by atoms with E-state index in [9.17, 15) is 17.6 Å². The zero-order valence-electron chi connectivity index (χ0n) is 12.8. The van der Waals surface area contributed by atoms with Gasteiger partial charge in [0, 0.05) is 12.2 Å². The van der Waals surface area contributed by atoms with E-state index in [1.165, 1.54) is 28.6 Å². The number of halogens is 1. The van der Waals surface area contributed by atoms with Gasteiger partial charge in [-0.1, -0.05) is 12.5 Å². The Bertz CT molecular complexity index is 804. The molecule has 1 amide bonds. The average molecular weight is 368 g/mol. The molecule has 3 rings (SSSR count). The summed E-state index contributed by atoms with van der Waals surface area (Å²) in [6.07, 6.45) is 1.99. The summed E-state index contributed by atoms with van der Waals surface area (Å²) in [5.74, 6) is -0.783. The minimum absolute atomic E-state index is 0.240. The van der Waals surface area contributed by atoms with Gasteiger partial charge in [0.15, 0.2) is 0 Å². The Morgan fingerprint density at radius 1 is 1.21 bits per heavy atom. The Morgan fingerprint density at radius 2 is 1.96 bits per heavy atom. The average Bonchev–Trinajstić information content (AvgIpc) is 3.12. The predicted molar refractivity (Wildman–Crippen MR) is 90.9 cm³/mol. The highest BCUT2D eigenvalue weighted by atomic mass is 32.2. The molecule has 0 aliphatic carbocycles. The first kappa shape index (κ1) is 17.1. The van der Waals surface area contributed by atoms with E-state index < -0.39 is 21.9 Å². The summed E-state index contributed by atoms with van der Waals surface area (Å²) in [5.41, 5.74) is 0.445. The van der Waals surface area contributed by atoms with Crippen molar-refractivity contribution in [3.8, 4) is 0 Å². The van der Waals surface area contributed by atoms with Crippen LogP contribution in [0.3, 0.4) is 0 Å². The molecule has 1 aliphatic heterocycles. The van der Waals surface area contributed by atoms with Crippen molar-refractivity contribution < 1.29 is 17.6 Å². The summed E-state index contributed by atoms with van der Waals surface area (Å²) < 4.78 is 40.0. The minimum atomic E-state index is -3.68. The van der Waals surface area contributed by atoms with E-state index in [2.05, 4.69) is 5.32 Å². The van der Waals surface area contributed by atoms with Crippen LogP contribution in [-0.2, 0) is 14.8 Å². The van der Waals surface area contributed by atoms with Gasteiger partial charge in [-0.2, -0.15) is 4.31 Å². The van der Waals surface area contributed by atoms with Crippen LogP contribution in [0.2, 0.25) is 0 Å². The lowest BCUT2D eigenvalue weighted by Gasteiger charge is -2.33. The van der Waals surface area contributed by atoms with Gasteiger partial charge in [-0.05, 0) is 48.6 Å². The number of nitrogens with zero attached hydrogens (tertiary/aromatic N) is 1. The molecule has 1 unspecified atom stereocenters. The maximum atomic E-state index is 13.0. The van der Waals surface area contributed by atoms with Gasteiger partial charge in [0.05, 0.1) is 0 Å². The van der Waals surface area contributed by atoms with E-state index in [0.717, 1.165) is 24.2 Å². The van der Waals surface area contributed by atoms with Crippen LogP contribution in [0.5, 0.6) is 0 Å². The zero-order chi connectivity index (χ0) is 17.2. The number of piperidine rings is 1. The number of amides is 1. The van der Waals surface area contributed by atoms with Gasteiger partial charge in [0.2, 0.25) is 5.91 Å². The molecule has 0 radical (unpaired) electrons. The van der Waals surface area contributed by atoms with Crippen molar-refractivity contribution in [2.45, 2.75) is 29.5 Å². The highest BCUT2D eigenvalue weighted by molar-refractivity contribution is 7.91. The molecule has 0 saturated carbocycles. The first-order valence-corrected chi connectivity index (χ1v) is 9.92. The predicted octanol–water partition coefficient (Wildman–Crippen LogP) is 3.07. The van der Waals surface area contributed by atoms with Crippen molar-refractivity contribution in [2.24, 2.45) is 0 Å². The number of carbonyl (C=O) groups is 1. The molecule has 2 heterocycles. The van der Waals surface area contributed by atoms with Crippen molar-refractivity contribution in [1.29, 1.82) is 0 Å². The standard InChI is InChI=1S/C16H17FN2O3S2/c17-12-6-8-13(9-7-12)18-16(20)14-4-1-2-10-19(14)24(21,22)15-5-3-11-23-15/h3,5-9,11,14H,1-2,4,10H2,(H,18,20). The lowest BCUT2D eigenvalue weighted by molar-refractivity contribution is -0.120. The van der Waals surface area contributed by atoms with E-state index >= 15 is 0 Å². The summed E-state index contributed by atoms with van der Waals surface area (Å²) >= 11 is 1.14. The monoisotopic (exact) mass is 368 g/mol. The van der Waals surface area contributed by atoms with Crippen molar-refractivity contribution in [3.63, 3.8) is 0 Å². The molecule has 1 aliphatic rings. The molecule has 5 nitrogen and oxygen atoms in total. The molecule has 0 spiro atoms. The van der Waals surface area contributed by atoms with Gasteiger partial charge in [-0.3, -0.25) is 4.79 Å². The van der Waals surface area contributed by atoms with Gasteiger partial charge in [-0.25, -0.2) is 12.8 Å². The molecule has 1 atom stereocenters. The second-order valence-corrected chi connectivity index (χ2v) is 8.62. The number of benzene rings is 1. The smallest absolute Gasteiger partial charge is 0.253 e. The van der Waals surface area contributed by atoms with Crippen molar-refractivity contribution in [3.05, 3.63) is 47.6 Å². The molecule has 1 aromatic heterocycles. The molecule has 0 bridgehead atoms. The Hall–Kier alpha value is -1.77. The molecule has 24 heavy (non-hydrogen) atoms. The van der Waals surface area contributed by atoms with Gasteiger partial charge >= 0.3 is 0 Å². The van der Waals surface area contributed by atoms with Crippen LogP contribution < -0.4 is 5.32 Å². The third-order valence-corrected chi connectivity index (χ3v) is 7.21. The van der Waals surface area contributed by atoms with Gasteiger partial charge in [0.25, 0.3) is 10.0 Å². The van der Waals surface area contributed by atoms with E-state index in [1.54, 1.807) is 17.5 Å². The van der Waals surface area contributed by atoms with Gasteiger partial charge in [0.1, 0.15) is 16.1 Å². The van der Waals surface area contributed by atoms with Crippen LogP contribution in [0.4, 0.5) is 10.1 Å². The summed E-state index contributed by atoms with van der Waals surface area (Å²) in [4.78, 5) is 12.6. The SMILES string of the molecule is O=C(Nc1ccc(F)cc1)C1CCCCN1S(=O)(=O)c1cccs1. The van der Waals surface area contributed by atoms with Crippen molar-refractivity contribution in [1.82, 2.24) is 4.31 Å². The lowest BCUT2D eigenvalue weighted by atomic mass is 10.0. The Balaban J connectivity index is 1.81. The van der Waals surface area contributed by atoms with Crippen LogP contribution >= 0.6 is 11.3 Å². The number of nitrogens with one attached hydrogen (secondary N) is 1. The molecular formula is C16H17FN2O3S2. The summed E-state index contributed by atoms with van der Waals surface area (Å²) in [6, 6.07) is 7.87. The molecule has 1 saturated heterocycles.